The molecule has 0 atom stereocenters. The molecule has 2 aromatic heterocycles. The molecule has 11 aromatic rings. The third kappa shape index (κ3) is 4.89. The molecule has 0 bridgehead atoms. The number of benzene rings is 9. The number of rotatable bonds is 4. The fraction of sp³-hybridized carbons (Fsp3) is 0. The van der Waals surface area contributed by atoms with E-state index in [4.69, 9.17) is 0 Å². The van der Waals surface area contributed by atoms with Gasteiger partial charge in [-0.1, -0.05) is 121 Å². The Balaban J connectivity index is 1.42. The van der Waals surface area contributed by atoms with E-state index in [1.54, 1.807) is 72.8 Å². The first-order valence-electron chi connectivity index (χ1n) is 21.3. The lowest BCUT2D eigenvalue weighted by molar-refractivity contribution is 0.585. The molecule has 12 heteroatoms. The van der Waals surface area contributed by atoms with E-state index < -0.39 is 34.0 Å². The predicted octanol–water partition coefficient (Wildman–Crippen LogP) is 9.45. The van der Waals surface area contributed by atoms with Crippen LogP contribution in [0.2, 0.25) is 0 Å². The van der Waals surface area contributed by atoms with Gasteiger partial charge in [0, 0.05) is 54.1 Å². The molecule has 0 saturated carbocycles. The van der Waals surface area contributed by atoms with Crippen LogP contribution in [0.3, 0.4) is 0 Å². The smallest absolute Gasteiger partial charge is 0.208 e. The Morgan fingerprint density at radius 2 is 0.591 bits per heavy atom. The van der Waals surface area contributed by atoms with Crippen molar-refractivity contribution in [3.63, 3.8) is 0 Å². The molecule has 2 aliphatic heterocycles. The van der Waals surface area contributed by atoms with Crippen LogP contribution < -0.4 is 31.8 Å². The molecule has 8 nitrogen and oxygen atoms in total. The van der Waals surface area contributed by atoms with Gasteiger partial charge in [0.15, 0.2) is 14.3 Å². The van der Waals surface area contributed by atoms with Gasteiger partial charge in [0.05, 0.1) is 52.3 Å². The van der Waals surface area contributed by atoms with Crippen LogP contribution in [0, 0.1) is 0 Å². The number of para-hydroxylation sites is 4. The molecule has 0 fully saturated rings. The average Bonchev–Trinajstić information content (AvgIpc) is 3.88. The normalized spacial score (nSPS) is 16.1. The molecule has 0 N–H and O–H groups in total. The third-order valence-electron chi connectivity index (χ3n) is 13.3. The molecule has 2 aliphatic rings. The van der Waals surface area contributed by atoms with Gasteiger partial charge in [-0.05, 0) is 84.9 Å². The van der Waals surface area contributed by atoms with Gasteiger partial charge in [0.1, 0.15) is 0 Å². The first-order chi connectivity index (χ1) is 32.1. The topological polar surface area (TPSA) is 112 Å². The Labute approximate surface area is 379 Å². The van der Waals surface area contributed by atoms with Crippen LogP contribution in [-0.2, 0) is 28.8 Å². The van der Waals surface area contributed by atoms with E-state index in [9.17, 15) is 16.8 Å². The monoisotopic (exact) mass is 932 g/mol. The van der Waals surface area contributed by atoms with Crippen molar-refractivity contribution in [1.29, 1.82) is 0 Å². The Kier molecular flexibility index (Phi) is 8.18. The second-order valence-electron chi connectivity index (χ2n) is 16.6. The van der Waals surface area contributed by atoms with Crippen LogP contribution in [0.4, 0.5) is 0 Å². The molecule has 0 unspecified atom stereocenters. The Bertz CT molecular complexity index is 3890. The van der Waals surface area contributed by atoms with E-state index in [-0.39, 0.29) is 40.8 Å². The highest BCUT2D eigenvalue weighted by Crippen LogP contribution is 2.59. The molecule has 318 valence electrons. The highest BCUT2D eigenvalue weighted by molar-refractivity contribution is 7.98. The summed E-state index contributed by atoms with van der Waals surface area (Å²) < 4.78 is 98.8. The summed E-state index contributed by atoms with van der Waals surface area (Å²) in [5.74, 6) is 0. The Hall–Kier alpha value is -7.06. The summed E-state index contributed by atoms with van der Waals surface area (Å²) in [7, 11) is -17.0. The molecule has 0 radical (unpaired) electrons. The van der Waals surface area contributed by atoms with Gasteiger partial charge in [-0.3, -0.25) is 0 Å². The van der Waals surface area contributed by atoms with E-state index in [1.807, 2.05) is 109 Å². The lowest BCUT2D eigenvalue weighted by Gasteiger charge is -2.33. The highest BCUT2D eigenvalue weighted by atomic mass is 32.2. The third-order valence-corrected chi connectivity index (χ3v) is 24.1. The van der Waals surface area contributed by atoms with Crippen LogP contribution in [0.15, 0.2) is 226 Å². The van der Waals surface area contributed by atoms with Gasteiger partial charge in [-0.2, -0.15) is 0 Å². The summed E-state index contributed by atoms with van der Waals surface area (Å²) in [5.41, 5.74) is 3.86. The van der Waals surface area contributed by atoms with Gasteiger partial charge >= 0.3 is 0 Å². The molecule has 4 heterocycles. The minimum absolute atomic E-state index is 0.0419. The first kappa shape index (κ1) is 39.3. The van der Waals surface area contributed by atoms with E-state index in [1.165, 1.54) is 24.3 Å². The SMILES string of the molecule is O=P1(c2c3c4ccccc4n(-c4ccccc4)c3c(P3(=O)c4ccccc4S(=O)(=O)c4ccccc43)c3c4ccccc4n(-c4ccccc4)c23)c2ccccc2S(=O)(=O)c2ccccc21. The van der Waals surface area contributed by atoms with Crippen molar-refractivity contribution >= 4 is 109 Å². The lowest BCUT2D eigenvalue weighted by atomic mass is 10.1. The van der Waals surface area contributed by atoms with Crippen molar-refractivity contribution in [3.8, 4) is 11.4 Å². The molecule has 0 spiro atoms. The number of nitrogens with zero attached hydrogens (tertiary/aromatic N) is 2. The van der Waals surface area contributed by atoms with Crippen LogP contribution >= 0.6 is 14.3 Å². The minimum atomic E-state index is -4.34. The van der Waals surface area contributed by atoms with Crippen molar-refractivity contribution in [2.24, 2.45) is 0 Å². The van der Waals surface area contributed by atoms with Crippen molar-refractivity contribution in [2.45, 2.75) is 19.6 Å². The molecular formula is C54H34N2O6P2S2. The Morgan fingerprint density at radius 1 is 0.318 bits per heavy atom. The number of sulfone groups is 2. The molecule has 66 heavy (non-hydrogen) atoms. The second-order valence-corrected chi connectivity index (χ2v) is 25.6. The summed E-state index contributed by atoms with van der Waals surface area (Å²) in [5, 5.41) is 3.87. The van der Waals surface area contributed by atoms with Gasteiger partial charge in [0.2, 0.25) is 19.7 Å². The zero-order valence-corrected chi connectivity index (χ0v) is 38.1. The zero-order chi connectivity index (χ0) is 44.7. The molecule has 0 amide bonds. The summed E-state index contributed by atoms with van der Waals surface area (Å²) in [4.78, 5) is -0.168. The summed E-state index contributed by atoms with van der Waals surface area (Å²) >= 11 is 0. The van der Waals surface area contributed by atoms with E-state index >= 15 is 9.13 Å². The molecule has 0 saturated heterocycles. The molecule has 9 aromatic carbocycles. The predicted molar refractivity (Wildman–Crippen MR) is 265 cm³/mol. The van der Waals surface area contributed by atoms with Crippen molar-refractivity contribution in [3.05, 3.63) is 206 Å². The molecule has 13 rings (SSSR count). The largest absolute Gasteiger partial charge is 0.308 e. The Morgan fingerprint density at radius 3 is 0.924 bits per heavy atom. The summed E-state index contributed by atoms with van der Waals surface area (Å²) in [6.07, 6.45) is 0. The number of aromatic nitrogens is 2. The van der Waals surface area contributed by atoms with Gasteiger partial charge < -0.3 is 18.3 Å². The standard InChI is InChI=1S/C54H34N2O6P2S2/c57-63(41-27-11-15-31-45(41)65(59,60)46-32-16-12-28-42(46)63)53-50-38-24-8-10-26-40(38)56(36-21-5-2-6-22-36)52(50)54(49-37-23-7-9-25-39(37)55(51(49)53)35-19-3-1-4-20-35)64(58)43-29-13-17-33-47(43)66(61,62)48-34-18-14-30-44(48)64/h1-34H. The lowest BCUT2D eigenvalue weighted by Crippen LogP contribution is -2.39. The van der Waals surface area contributed by atoms with Crippen molar-refractivity contribution in [2.75, 3.05) is 0 Å². The van der Waals surface area contributed by atoms with Crippen molar-refractivity contribution in [1.82, 2.24) is 9.13 Å². The number of hydrogen-bond donors (Lipinski definition) is 0. The van der Waals surface area contributed by atoms with Crippen LogP contribution in [0.1, 0.15) is 0 Å². The zero-order valence-electron chi connectivity index (χ0n) is 34.7. The fourth-order valence-electron chi connectivity index (χ4n) is 10.7. The van der Waals surface area contributed by atoms with Gasteiger partial charge in [-0.25, -0.2) is 16.8 Å². The van der Waals surface area contributed by atoms with Gasteiger partial charge in [0.25, 0.3) is 0 Å². The first-order valence-corrected chi connectivity index (χ1v) is 27.7. The highest BCUT2D eigenvalue weighted by Gasteiger charge is 2.51. The summed E-state index contributed by atoms with van der Waals surface area (Å²) in [6.45, 7) is 0. The maximum atomic E-state index is 17.9. The fourth-order valence-corrected chi connectivity index (χ4v) is 22.9. The average molecular weight is 933 g/mol. The van der Waals surface area contributed by atoms with Crippen LogP contribution in [-0.4, -0.2) is 26.0 Å². The van der Waals surface area contributed by atoms with Crippen LogP contribution in [0.5, 0.6) is 0 Å². The summed E-state index contributed by atoms with van der Waals surface area (Å²) in [6, 6.07) is 61.4. The van der Waals surface area contributed by atoms with Gasteiger partial charge in [-0.15, -0.1) is 0 Å². The van der Waals surface area contributed by atoms with E-state index in [0.717, 1.165) is 22.4 Å². The van der Waals surface area contributed by atoms with Crippen LogP contribution in [0.25, 0.3) is 55.0 Å². The number of fused-ring (bicyclic) bond motifs is 10. The maximum Gasteiger partial charge on any atom is 0.208 e. The van der Waals surface area contributed by atoms with E-state index in [0.29, 0.717) is 43.2 Å². The maximum absolute atomic E-state index is 17.9. The second kappa shape index (κ2) is 13.7. The molecular weight excluding hydrogens is 899 g/mol. The minimum Gasteiger partial charge on any atom is -0.308 e. The quantitative estimate of drug-likeness (QED) is 0.163. The number of hydrogen-bond acceptors (Lipinski definition) is 6. The van der Waals surface area contributed by atoms with Crippen molar-refractivity contribution < 1.29 is 26.0 Å². The molecule has 0 aliphatic carbocycles. The van der Waals surface area contributed by atoms with E-state index in [2.05, 4.69) is 9.13 Å².